The number of nitrogens with one attached hydrogen (secondary N) is 2. The fourth-order valence-corrected chi connectivity index (χ4v) is 1.86. The number of nitrogens with zero attached hydrogens (tertiary/aromatic N) is 1. The fourth-order valence-electron chi connectivity index (χ4n) is 1.86. The van der Waals surface area contributed by atoms with Crippen LogP contribution in [0.2, 0.25) is 0 Å². The van der Waals surface area contributed by atoms with Gasteiger partial charge >= 0.3 is 0 Å². The molecule has 6 heteroatoms. The zero-order valence-corrected chi connectivity index (χ0v) is 13.0. The highest BCUT2D eigenvalue weighted by atomic mass is 19.1. The molecule has 0 bridgehead atoms. The molecule has 2 N–H and O–H groups in total. The topological polar surface area (TPSA) is 71.1 Å². The van der Waals surface area contributed by atoms with Crippen LogP contribution in [0.5, 0.6) is 0 Å². The van der Waals surface area contributed by atoms with Crippen LogP contribution in [0.25, 0.3) is 0 Å². The predicted octanol–water partition coefficient (Wildman–Crippen LogP) is 2.86. The van der Waals surface area contributed by atoms with Gasteiger partial charge in [0.25, 0.3) is 11.8 Å². The summed E-state index contributed by atoms with van der Waals surface area (Å²) < 4.78 is 13.1. The molecule has 2 rings (SSSR count). The molecule has 0 atom stereocenters. The first kappa shape index (κ1) is 16.6. The van der Waals surface area contributed by atoms with Gasteiger partial charge in [-0.05, 0) is 30.2 Å². The lowest BCUT2D eigenvalue weighted by atomic mass is 10.1. The van der Waals surface area contributed by atoms with Crippen molar-refractivity contribution in [1.82, 2.24) is 10.3 Å². The van der Waals surface area contributed by atoms with E-state index in [0.29, 0.717) is 23.7 Å². The lowest BCUT2D eigenvalue weighted by Gasteiger charge is -2.09. The molecule has 0 radical (unpaired) electrons. The van der Waals surface area contributed by atoms with E-state index >= 15 is 0 Å². The van der Waals surface area contributed by atoms with Crippen LogP contribution in [0.3, 0.4) is 0 Å². The van der Waals surface area contributed by atoms with Crippen molar-refractivity contribution in [3.63, 3.8) is 0 Å². The van der Waals surface area contributed by atoms with Crippen molar-refractivity contribution in [2.24, 2.45) is 5.92 Å². The highest BCUT2D eigenvalue weighted by Crippen LogP contribution is 2.11. The number of rotatable bonds is 5. The van der Waals surface area contributed by atoms with Crippen LogP contribution in [0.15, 0.2) is 42.7 Å². The normalized spacial score (nSPS) is 10.4. The third-order valence-electron chi connectivity index (χ3n) is 3.02. The van der Waals surface area contributed by atoms with Crippen molar-refractivity contribution in [3.8, 4) is 0 Å². The Labute approximate surface area is 133 Å². The summed E-state index contributed by atoms with van der Waals surface area (Å²) in [7, 11) is 0. The van der Waals surface area contributed by atoms with Crippen molar-refractivity contribution in [3.05, 3.63) is 59.7 Å². The molecule has 120 valence electrons. The van der Waals surface area contributed by atoms with Gasteiger partial charge in [-0.1, -0.05) is 19.9 Å². The molecule has 0 aliphatic carbocycles. The Bertz CT molecular complexity index is 716. The number of amides is 2. The van der Waals surface area contributed by atoms with Crippen molar-refractivity contribution in [2.75, 3.05) is 11.9 Å². The Morgan fingerprint density at radius 2 is 1.83 bits per heavy atom. The number of hydrogen-bond acceptors (Lipinski definition) is 3. The second-order valence-corrected chi connectivity index (χ2v) is 5.53. The number of carbonyl (C=O) groups is 2. The smallest absolute Gasteiger partial charge is 0.257 e. The number of benzene rings is 1. The van der Waals surface area contributed by atoms with Crippen LogP contribution in [0.1, 0.15) is 34.6 Å². The summed E-state index contributed by atoms with van der Waals surface area (Å²) in [5, 5.41) is 5.33. The molecule has 0 saturated carbocycles. The largest absolute Gasteiger partial charge is 0.352 e. The molecule has 0 unspecified atom stereocenters. The maximum Gasteiger partial charge on any atom is 0.257 e. The second-order valence-electron chi connectivity index (χ2n) is 5.53. The molecule has 23 heavy (non-hydrogen) atoms. The van der Waals surface area contributed by atoms with Crippen molar-refractivity contribution < 1.29 is 14.0 Å². The minimum absolute atomic E-state index is 0.228. The average Bonchev–Trinajstić information content (AvgIpc) is 2.52. The van der Waals surface area contributed by atoms with Gasteiger partial charge in [-0.3, -0.25) is 14.6 Å². The van der Waals surface area contributed by atoms with Crippen molar-refractivity contribution in [1.29, 1.82) is 0 Å². The highest BCUT2D eigenvalue weighted by Gasteiger charge is 2.12. The Hall–Kier alpha value is -2.76. The number of aromatic nitrogens is 1. The number of halogens is 1. The minimum atomic E-state index is -0.457. The minimum Gasteiger partial charge on any atom is -0.352 e. The van der Waals surface area contributed by atoms with Crippen molar-refractivity contribution in [2.45, 2.75) is 13.8 Å². The molecule has 0 fully saturated rings. The van der Waals surface area contributed by atoms with Gasteiger partial charge in [-0.25, -0.2) is 4.39 Å². The Kier molecular flexibility index (Phi) is 5.41. The van der Waals surface area contributed by atoms with Crippen LogP contribution in [0.4, 0.5) is 10.1 Å². The number of carbonyl (C=O) groups excluding carboxylic acids is 2. The van der Waals surface area contributed by atoms with Gasteiger partial charge in [-0.15, -0.1) is 0 Å². The standard InChI is InChI=1S/C17H18FN3O2/c1-11(2)8-20-16(22)12-6-13(10-19-9-12)17(23)21-15-5-3-4-14(18)7-15/h3-7,9-11H,8H2,1-2H3,(H,20,22)(H,21,23). The first-order valence-electron chi connectivity index (χ1n) is 7.26. The first-order valence-corrected chi connectivity index (χ1v) is 7.26. The molecule has 1 heterocycles. The molecular formula is C17H18FN3O2. The molecular weight excluding hydrogens is 297 g/mol. The molecule has 1 aromatic carbocycles. The van der Waals surface area contributed by atoms with Gasteiger partial charge in [0, 0.05) is 24.6 Å². The number of hydrogen-bond donors (Lipinski definition) is 2. The molecule has 2 amide bonds. The third-order valence-corrected chi connectivity index (χ3v) is 3.02. The monoisotopic (exact) mass is 315 g/mol. The van der Waals surface area contributed by atoms with E-state index < -0.39 is 11.7 Å². The van der Waals surface area contributed by atoms with Crippen LogP contribution in [-0.2, 0) is 0 Å². The van der Waals surface area contributed by atoms with Crippen LogP contribution >= 0.6 is 0 Å². The van der Waals surface area contributed by atoms with Gasteiger partial charge in [-0.2, -0.15) is 0 Å². The third kappa shape index (κ3) is 4.88. The van der Waals surface area contributed by atoms with E-state index in [1.165, 1.54) is 36.7 Å². The summed E-state index contributed by atoms with van der Waals surface area (Å²) in [5.41, 5.74) is 0.869. The van der Waals surface area contributed by atoms with E-state index in [9.17, 15) is 14.0 Å². The van der Waals surface area contributed by atoms with Gasteiger partial charge in [0.2, 0.25) is 0 Å². The van der Waals surface area contributed by atoms with Crippen molar-refractivity contribution >= 4 is 17.5 Å². The summed E-state index contributed by atoms with van der Waals surface area (Å²) in [5.74, 6) is -0.859. The molecule has 5 nitrogen and oxygen atoms in total. The van der Waals surface area contributed by atoms with Crippen LogP contribution in [0, 0.1) is 11.7 Å². The van der Waals surface area contributed by atoms with Crippen LogP contribution < -0.4 is 10.6 Å². The zero-order valence-electron chi connectivity index (χ0n) is 13.0. The zero-order chi connectivity index (χ0) is 16.8. The van der Waals surface area contributed by atoms with E-state index in [1.807, 2.05) is 13.8 Å². The van der Waals surface area contributed by atoms with E-state index in [2.05, 4.69) is 15.6 Å². The maximum absolute atomic E-state index is 13.1. The summed E-state index contributed by atoms with van der Waals surface area (Å²) in [4.78, 5) is 28.1. The lowest BCUT2D eigenvalue weighted by molar-refractivity contribution is 0.0948. The van der Waals surface area contributed by atoms with E-state index in [4.69, 9.17) is 0 Å². The van der Waals surface area contributed by atoms with E-state index in [1.54, 1.807) is 6.07 Å². The summed E-state index contributed by atoms with van der Waals surface area (Å²) in [6.07, 6.45) is 2.75. The van der Waals surface area contributed by atoms with E-state index in [0.717, 1.165) is 0 Å². The molecule has 2 aromatic rings. The van der Waals surface area contributed by atoms with Gasteiger partial charge in [0.05, 0.1) is 11.1 Å². The Balaban J connectivity index is 2.09. The summed E-state index contributed by atoms with van der Waals surface area (Å²) in [6.45, 7) is 4.52. The van der Waals surface area contributed by atoms with Gasteiger partial charge in [0.1, 0.15) is 5.82 Å². The van der Waals surface area contributed by atoms with Crippen LogP contribution in [-0.4, -0.2) is 23.3 Å². The molecule has 0 saturated heterocycles. The van der Waals surface area contributed by atoms with Gasteiger partial charge in [0.15, 0.2) is 0 Å². The predicted molar refractivity (Wildman–Crippen MR) is 85.8 cm³/mol. The molecule has 0 spiro atoms. The van der Waals surface area contributed by atoms with Gasteiger partial charge < -0.3 is 10.6 Å². The molecule has 1 aromatic heterocycles. The Morgan fingerprint density at radius 3 is 2.48 bits per heavy atom. The maximum atomic E-state index is 13.1. The van der Waals surface area contributed by atoms with E-state index in [-0.39, 0.29) is 11.5 Å². The number of anilines is 1. The quantitative estimate of drug-likeness (QED) is 0.891. The Morgan fingerprint density at radius 1 is 1.13 bits per heavy atom. The fraction of sp³-hybridized carbons (Fsp3) is 0.235. The highest BCUT2D eigenvalue weighted by molar-refractivity contribution is 6.05. The number of pyridine rings is 1. The first-order chi connectivity index (χ1) is 11.0. The second kappa shape index (κ2) is 7.49. The SMILES string of the molecule is CC(C)CNC(=O)c1cncc(C(=O)Nc2cccc(F)c2)c1. The molecule has 0 aliphatic heterocycles. The summed E-state index contributed by atoms with van der Waals surface area (Å²) in [6, 6.07) is 7.03. The lowest BCUT2D eigenvalue weighted by Crippen LogP contribution is -2.27. The average molecular weight is 315 g/mol. The summed E-state index contributed by atoms with van der Waals surface area (Å²) >= 11 is 0. The molecule has 0 aliphatic rings.